The van der Waals surface area contributed by atoms with Gasteiger partial charge in [-0.25, -0.2) is 4.98 Å². The second-order valence-electron chi connectivity index (χ2n) is 7.56. The van der Waals surface area contributed by atoms with Crippen molar-refractivity contribution in [1.29, 1.82) is 5.26 Å². The molecule has 0 aliphatic carbocycles. The Balaban J connectivity index is 1.50. The summed E-state index contributed by atoms with van der Waals surface area (Å²) in [5, 5.41) is 9.45. The third-order valence-corrected chi connectivity index (χ3v) is 5.74. The quantitative estimate of drug-likeness (QED) is 0.626. The molecule has 166 valence electrons. The van der Waals surface area contributed by atoms with Crippen LogP contribution in [-0.2, 0) is 6.54 Å². The number of nitrogens with zero attached hydrogens (tertiary/aromatic N) is 4. The highest BCUT2D eigenvalue weighted by atomic mass is 35.5. The van der Waals surface area contributed by atoms with E-state index >= 15 is 0 Å². The number of fused-ring (bicyclic) bond motifs is 1. The first-order chi connectivity index (χ1) is 15.3. The van der Waals surface area contributed by atoms with Crippen LogP contribution < -0.4 is 15.2 Å². The first kappa shape index (κ1) is 22.0. The lowest BCUT2D eigenvalue weighted by Gasteiger charge is -2.36. The molecule has 0 atom stereocenters. The van der Waals surface area contributed by atoms with Gasteiger partial charge < -0.3 is 14.6 Å². The molecule has 0 radical (unpaired) electrons. The second kappa shape index (κ2) is 9.10. The SMILES string of the molecule is Cc1nc2c(OC(F)F)cc(CN3CCN(c4ccc(C#N)c(Cl)c4)CC3)cc2[nH]c1=O. The number of alkyl halides is 2. The monoisotopic (exact) mass is 459 g/mol. The van der Waals surface area contributed by atoms with E-state index in [0.29, 0.717) is 22.6 Å². The molecule has 1 aliphatic rings. The molecule has 2 heterocycles. The third-order valence-electron chi connectivity index (χ3n) is 5.42. The first-order valence-corrected chi connectivity index (χ1v) is 10.4. The summed E-state index contributed by atoms with van der Waals surface area (Å²) >= 11 is 6.15. The number of hydrogen-bond donors (Lipinski definition) is 1. The van der Waals surface area contributed by atoms with Crippen LogP contribution in [0.5, 0.6) is 5.75 Å². The molecule has 1 aliphatic heterocycles. The zero-order chi connectivity index (χ0) is 22.8. The summed E-state index contributed by atoms with van der Waals surface area (Å²) in [6, 6.07) is 10.7. The molecule has 10 heteroatoms. The number of nitrogens with one attached hydrogen (secondary N) is 1. The maximum absolute atomic E-state index is 12.9. The van der Waals surface area contributed by atoms with Gasteiger partial charge in [0.25, 0.3) is 5.56 Å². The van der Waals surface area contributed by atoms with Crippen molar-refractivity contribution < 1.29 is 13.5 Å². The van der Waals surface area contributed by atoms with Crippen molar-refractivity contribution in [3.05, 3.63) is 62.5 Å². The predicted molar refractivity (Wildman–Crippen MR) is 117 cm³/mol. The molecular formula is C22H20ClF2N5O2. The Hall–Kier alpha value is -3.22. The standard InChI is InChI=1S/C22H20ClF2N5O2/c1-13-21(31)28-18-8-14(9-19(20(18)27-13)32-22(24)25)12-29-4-6-30(7-5-29)16-3-2-15(11-26)17(23)10-16/h2-3,8-10,22H,4-7,12H2,1H3,(H,28,31). The molecule has 7 nitrogen and oxygen atoms in total. The lowest BCUT2D eigenvalue weighted by Crippen LogP contribution is -2.46. The molecule has 1 saturated heterocycles. The number of piperazine rings is 1. The van der Waals surface area contributed by atoms with E-state index in [4.69, 9.17) is 16.9 Å². The van der Waals surface area contributed by atoms with E-state index in [1.807, 2.05) is 6.07 Å². The van der Waals surface area contributed by atoms with Gasteiger partial charge in [0, 0.05) is 38.4 Å². The second-order valence-corrected chi connectivity index (χ2v) is 7.97. The smallest absolute Gasteiger partial charge is 0.387 e. The number of ether oxygens (including phenoxy) is 1. The van der Waals surface area contributed by atoms with Crippen LogP contribution in [-0.4, -0.2) is 47.7 Å². The fourth-order valence-corrected chi connectivity index (χ4v) is 4.01. The van der Waals surface area contributed by atoms with Crippen LogP contribution in [0, 0.1) is 18.3 Å². The van der Waals surface area contributed by atoms with E-state index in [1.54, 1.807) is 24.3 Å². The highest BCUT2D eigenvalue weighted by Gasteiger charge is 2.20. The maximum atomic E-state index is 12.9. The van der Waals surface area contributed by atoms with E-state index in [-0.39, 0.29) is 22.5 Å². The maximum Gasteiger partial charge on any atom is 0.387 e. The molecule has 0 saturated carbocycles. The van der Waals surface area contributed by atoms with Crippen LogP contribution in [0.15, 0.2) is 35.1 Å². The van der Waals surface area contributed by atoms with Gasteiger partial charge in [-0.15, -0.1) is 0 Å². The van der Waals surface area contributed by atoms with Gasteiger partial charge in [-0.05, 0) is 42.8 Å². The normalized spacial score (nSPS) is 14.7. The van der Waals surface area contributed by atoms with Crippen molar-refractivity contribution in [1.82, 2.24) is 14.9 Å². The molecule has 4 rings (SSSR count). The van der Waals surface area contributed by atoms with Crippen molar-refractivity contribution in [2.45, 2.75) is 20.1 Å². The van der Waals surface area contributed by atoms with Crippen molar-refractivity contribution in [3.8, 4) is 11.8 Å². The van der Waals surface area contributed by atoms with Gasteiger partial charge in [0.05, 0.1) is 16.1 Å². The first-order valence-electron chi connectivity index (χ1n) is 9.99. The number of benzene rings is 2. The number of H-pyrrole nitrogens is 1. The lowest BCUT2D eigenvalue weighted by molar-refractivity contribution is -0.0489. The van der Waals surface area contributed by atoms with Gasteiger partial charge in [-0.3, -0.25) is 9.69 Å². The minimum absolute atomic E-state index is 0.0577. The van der Waals surface area contributed by atoms with E-state index < -0.39 is 6.61 Å². The number of aromatic nitrogens is 2. The zero-order valence-corrected chi connectivity index (χ0v) is 18.0. The van der Waals surface area contributed by atoms with E-state index in [2.05, 4.69) is 30.6 Å². The Morgan fingerprint density at radius 1 is 1.25 bits per heavy atom. The van der Waals surface area contributed by atoms with Crippen LogP contribution in [0.2, 0.25) is 5.02 Å². The molecule has 0 bridgehead atoms. The van der Waals surface area contributed by atoms with E-state index in [1.165, 1.54) is 6.92 Å². The summed E-state index contributed by atoms with van der Waals surface area (Å²) in [7, 11) is 0. The van der Waals surface area contributed by atoms with Gasteiger partial charge in [0.1, 0.15) is 17.3 Å². The highest BCUT2D eigenvalue weighted by Crippen LogP contribution is 2.28. The minimum atomic E-state index is -3.00. The van der Waals surface area contributed by atoms with Gasteiger partial charge in [0.2, 0.25) is 0 Å². The van der Waals surface area contributed by atoms with Crippen LogP contribution in [0.25, 0.3) is 11.0 Å². The highest BCUT2D eigenvalue weighted by molar-refractivity contribution is 6.32. The van der Waals surface area contributed by atoms with Crippen LogP contribution in [0.4, 0.5) is 14.5 Å². The molecule has 2 aromatic carbocycles. The Bertz CT molecular complexity index is 1250. The van der Waals surface area contributed by atoms with E-state index in [9.17, 15) is 13.6 Å². The van der Waals surface area contributed by atoms with Crippen LogP contribution in [0.1, 0.15) is 16.8 Å². The number of halogens is 3. The topological polar surface area (TPSA) is 85.2 Å². The van der Waals surface area contributed by atoms with Gasteiger partial charge in [0.15, 0.2) is 5.75 Å². The lowest BCUT2D eigenvalue weighted by atomic mass is 10.1. The average Bonchev–Trinajstić information content (AvgIpc) is 2.75. The van der Waals surface area contributed by atoms with Gasteiger partial charge in [-0.2, -0.15) is 14.0 Å². The number of rotatable bonds is 5. The molecule has 0 amide bonds. The number of hydrogen-bond acceptors (Lipinski definition) is 6. The Kier molecular flexibility index (Phi) is 6.26. The molecule has 0 unspecified atom stereocenters. The summed E-state index contributed by atoms with van der Waals surface area (Å²) < 4.78 is 30.5. The fourth-order valence-electron chi connectivity index (χ4n) is 3.80. The fraction of sp³-hybridized carbons (Fsp3) is 0.318. The molecule has 1 N–H and O–H groups in total. The number of aryl methyl sites for hydroxylation is 1. The Morgan fingerprint density at radius 3 is 2.66 bits per heavy atom. The molecule has 0 spiro atoms. The summed E-state index contributed by atoms with van der Waals surface area (Å²) in [5.41, 5.74) is 2.51. The molecule has 32 heavy (non-hydrogen) atoms. The average molecular weight is 460 g/mol. The Labute approximate surface area is 187 Å². The summed E-state index contributed by atoms with van der Waals surface area (Å²) in [5.74, 6) is -0.0577. The van der Waals surface area contributed by atoms with Crippen molar-refractivity contribution in [2.24, 2.45) is 0 Å². The summed E-state index contributed by atoms with van der Waals surface area (Å²) in [6.45, 7) is 1.99. The molecule has 1 aromatic heterocycles. The van der Waals surface area contributed by atoms with Crippen molar-refractivity contribution in [3.63, 3.8) is 0 Å². The summed E-state index contributed by atoms with van der Waals surface area (Å²) in [6.07, 6.45) is 0. The number of anilines is 1. The predicted octanol–water partition coefficient (Wildman–Crippen LogP) is 3.68. The van der Waals surface area contributed by atoms with Gasteiger partial charge in [-0.1, -0.05) is 11.6 Å². The molecule has 1 fully saturated rings. The third kappa shape index (κ3) is 4.66. The van der Waals surface area contributed by atoms with Crippen LogP contribution >= 0.6 is 11.6 Å². The van der Waals surface area contributed by atoms with Crippen molar-refractivity contribution >= 4 is 28.3 Å². The minimum Gasteiger partial charge on any atom is -0.432 e. The largest absolute Gasteiger partial charge is 0.432 e. The number of nitriles is 1. The number of aromatic amines is 1. The molecular weight excluding hydrogens is 440 g/mol. The van der Waals surface area contributed by atoms with E-state index in [0.717, 1.165) is 37.4 Å². The van der Waals surface area contributed by atoms with Crippen molar-refractivity contribution in [2.75, 3.05) is 31.1 Å². The van der Waals surface area contributed by atoms with Crippen LogP contribution in [0.3, 0.4) is 0 Å². The Morgan fingerprint density at radius 2 is 2.00 bits per heavy atom. The summed E-state index contributed by atoms with van der Waals surface area (Å²) in [4.78, 5) is 23.1. The molecule has 3 aromatic rings. The zero-order valence-electron chi connectivity index (χ0n) is 17.2. The van der Waals surface area contributed by atoms with Gasteiger partial charge >= 0.3 is 6.61 Å².